The summed E-state index contributed by atoms with van der Waals surface area (Å²) in [6.45, 7) is 7.78. The van der Waals surface area contributed by atoms with E-state index in [1.807, 2.05) is 45.0 Å². The fourth-order valence-electron chi connectivity index (χ4n) is 1.41. The van der Waals surface area contributed by atoms with E-state index in [2.05, 4.69) is 5.32 Å². The zero-order valence-electron chi connectivity index (χ0n) is 11.0. The van der Waals surface area contributed by atoms with Crippen LogP contribution in [-0.2, 0) is 4.79 Å². The second kappa shape index (κ2) is 6.28. The normalized spacial score (nSPS) is 13.9. The number of benzene rings is 1. The second-order valence-corrected chi connectivity index (χ2v) is 4.39. The molecule has 3 heteroatoms. The van der Waals surface area contributed by atoms with Crippen molar-refractivity contribution in [3.8, 4) is 5.75 Å². The Labute approximate surface area is 103 Å². The molecule has 0 aliphatic heterocycles. The smallest absolute Gasteiger partial charge is 0.260 e. The third-order valence-electron chi connectivity index (χ3n) is 2.67. The van der Waals surface area contributed by atoms with Crippen molar-refractivity contribution in [1.29, 1.82) is 0 Å². The largest absolute Gasteiger partial charge is 0.481 e. The van der Waals surface area contributed by atoms with Crippen molar-refractivity contribution in [2.75, 3.05) is 0 Å². The number of amides is 1. The molecule has 1 aromatic rings. The predicted octanol–water partition coefficient (Wildman–Crippen LogP) is 2.68. The Hall–Kier alpha value is -1.51. The van der Waals surface area contributed by atoms with E-state index in [-0.39, 0.29) is 11.9 Å². The van der Waals surface area contributed by atoms with Gasteiger partial charge in [-0.05, 0) is 44.9 Å². The van der Waals surface area contributed by atoms with Gasteiger partial charge in [-0.1, -0.05) is 19.1 Å². The van der Waals surface area contributed by atoms with Crippen molar-refractivity contribution in [3.63, 3.8) is 0 Å². The van der Waals surface area contributed by atoms with E-state index in [1.54, 1.807) is 6.92 Å². The van der Waals surface area contributed by atoms with Gasteiger partial charge < -0.3 is 10.1 Å². The zero-order valence-corrected chi connectivity index (χ0v) is 11.0. The summed E-state index contributed by atoms with van der Waals surface area (Å²) in [5.41, 5.74) is 1.12. The van der Waals surface area contributed by atoms with E-state index >= 15 is 0 Å². The molecular weight excluding hydrogens is 214 g/mol. The number of ether oxygens (including phenoxy) is 1. The molecule has 0 heterocycles. The summed E-state index contributed by atoms with van der Waals surface area (Å²) in [6.07, 6.45) is 0.453. The number of hydrogen-bond donors (Lipinski definition) is 1. The van der Waals surface area contributed by atoms with Crippen LogP contribution in [0.1, 0.15) is 32.8 Å². The first kappa shape index (κ1) is 13.6. The van der Waals surface area contributed by atoms with Gasteiger partial charge in [-0.25, -0.2) is 0 Å². The first-order valence-corrected chi connectivity index (χ1v) is 6.06. The average Bonchev–Trinajstić information content (AvgIpc) is 2.28. The van der Waals surface area contributed by atoms with Crippen LogP contribution < -0.4 is 10.1 Å². The molecule has 0 aromatic heterocycles. The molecule has 0 saturated heterocycles. The van der Waals surface area contributed by atoms with Crippen molar-refractivity contribution in [1.82, 2.24) is 5.32 Å². The van der Waals surface area contributed by atoms with Gasteiger partial charge in [0, 0.05) is 6.04 Å². The predicted molar refractivity (Wildman–Crippen MR) is 69.2 cm³/mol. The van der Waals surface area contributed by atoms with Crippen LogP contribution in [0, 0.1) is 6.92 Å². The number of aryl methyl sites for hydroxylation is 1. The lowest BCUT2D eigenvalue weighted by molar-refractivity contribution is -0.127. The summed E-state index contributed by atoms with van der Waals surface area (Å²) < 4.78 is 5.59. The molecule has 3 nitrogen and oxygen atoms in total. The molecule has 0 radical (unpaired) electrons. The standard InChI is InChI=1S/C14H21NO2/c1-5-11(3)15-14(16)12(4)17-13-8-6-7-10(2)9-13/h6-9,11-12H,5H2,1-4H3,(H,15,16). The number of nitrogens with one attached hydrogen (secondary N) is 1. The molecular formula is C14H21NO2. The number of carbonyl (C=O) groups excluding carboxylic acids is 1. The third-order valence-corrected chi connectivity index (χ3v) is 2.67. The SMILES string of the molecule is CCC(C)NC(=O)C(C)Oc1cccc(C)c1. The monoisotopic (exact) mass is 235 g/mol. The Morgan fingerprint density at radius 2 is 2.12 bits per heavy atom. The highest BCUT2D eigenvalue weighted by atomic mass is 16.5. The van der Waals surface area contributed by atoms with E-state index in [9.17, 15) is 4.79 Å². The van der Waals surface area contributed by atoms with Crippen molar-refractivity contribution in [2.45, 2.75) is 46.3 Å². The van der Waals surface area contributed by atoms with E-state index in [0.717, 1.165) is 17.7 Å². The van der Waals surface area contributed by atoms with Crippen molar-refractivity contribution < 1.29 is 9.53 Å². The summed E-state index contributed by atoms with van der Waals surface area (Å²) >= 11 is 0. The van der Waals surface area contributed by atoms with Gasteiger partial charge in [-0.3, -0.25) is 4.79 Å². The Bertz CT molecular complexity index is 376. The van der Waals surface area contributed by atoms with Crippen molar-refractivity contribution >= 4 is 5.91 Å². The highest BCUT2D eigenvalue weighted by Gasteiger charge is 2.15. The fraction of sp³-hybridized carbons (Fsp3) is 0.500. The number of rotatable bonds is 5. The van der Waals surface area contributed by atoms with E-state index in [4.69, 9.17) is 4.74 Å². The average molecular weight is 235 g/mol. The molecule has 0 saturated carbocycles. The summed E-state index contributed by atoms with van der Waals surface area (Å²) in [6, 6.07) is 7.89. The van der Waals surface area contributed by atoms with Gasteiger partial charge in [0.1, 0.15) is 5.75 Å². The number of hydrogen-bond acceptors (Lipinski definition) is 2. The number of carbonyl (C=O) groups is 1. The minimum Gasteiger partial charge on any atom is -0.481 e. The molecule has 1 N–H and O–H groups in total. The van der Waals surface area contributed by atoms with Crippen LogP contribution in [-0.4, -0.2) is 18.1 Å². The van der Waals surface area contributed by atoms with Crippen molar-refractivity contribution in [2.24, 2.45) is 0 Å². The Kier molecular flexibility index (Phi) is 5.01. The van der Waals surface area contributed by atoms with Crippen LogP contribution in [0.25, 0.3) is 0 Å². The molecule has 0 aliphatic carbocycles. The van der Waals surface area contributed by atoms with Crippen LogP contribution in [0.5, 0.6) is 5.75 Å². The fourth-order valence-corrected chi connectivity index (χ4v) is 1.41. The first-order valence-electron chi connectivity index (χ1n) is 6.06. The van der Waals surface area contributed by atoms with Crippen LogP contribution >= 0.6 is 0 Å². The molecule has 17 heavy (non-hydrogen) atoms. The van der Waals surface area contributed by atoms with Crippen molar-refractivity contribution in [3.05, 3.63) is 29.8 Å². The van der Waals surface area contributed by atoms with Gasteiger partial charge in [0.05, 0.1) is 0 Å². The third kappa shape index (κ3) is 4.47. The Balaban J connectivity index is 2.54. The molecule has 2 atom stereocenters. The zero-order chi connectivity index (χ0) is 12.8. The van der Waals surface area contributed by atoms with Gasteiger partial charge in [0.2, 0.25) is 0 Å². The Morgan fingerprint density at radius 3 is 2.71 bits per heavy atom. The van der Waals surface area contributed by atoms with E-state index < -0.39 is 6.10 Å². The van der Waals surface area contributed by atoms with Crippen LogP contribution in [0.2, 0.25) is 0 Å². The maximum absolute atomic E-state index is 11.8. The summed E-state index contributed by atoms with van der Waals surface area (Å²) in [5.74, 6) is 0.664. The van der Waals surface area contributed by atoms with Gasteiger partial charge in [-0.15, -0.1) is 0 Å². The second-order valence-electron chi connectivity index (χ2n) is 4.39. The molecule has 1 rings (SSSR count). The van der Waals surface area contributed by atoms with E-state index in [1.165, 1.54) is 0 Å². The lowest BCUT2D eigenvalue weighted by atomic mass is 10.2. The lowest BCUT2D eigenvalue weighted by Crippen LogP contribution is -2.40. The quantitative estimate of drug-likeness (QED) is 0.852. The van der Waals surface area contributed by atoms with Gasteiger partial charge >= 0.3 is 0 Å². The highest BCUT2D eigenvalue weighted by molar-refractivity contribution is 5.80. The van der Waals surface area contributed by atoms with Crippen LogP contribution in [0.3, 0.4) is 0 Å². The minimum atomic E-state index is -0.467. The molecule has 1 aromatic carbocycles. The summed E-state index contributed by atoms with van der Waals surface area (Å²) in [4.78, 5) is 11.8. The Morgan fingerprint density at radius 1 is 1.41 bits per heavy atom. The van der Waals surface area contributed by atoms with Gasteiger partial charge in [0.25, 0.3) is 5.91 Å². The molecule has 0 bridgehead atoms. The topological polar surface area (TPSA) is 38.3 Å². The summed E-state index contributed by atoms with van der Waals surface area (Å²) in [7, 11) is 0. The van der Waals surface area contributed by atoms with Gasteiger partial charge in [0.15, 0.2) is 6.10 Å². The molecule has 0 spiro atoms. The van der Waals surface area contributed by atoms with Gasteiger partial charge in [-0.2, -0.15) is 0 Å². The van der Waals surface area contributed by atoms with E-state index in [0.29, 0.717) is 0 Å². The molecule has 0 aliphatic rings. The molecule has 94 valence electrons. The maximum atomic E-state index is 11.8. The maximum Gasteiger partial charge on any atom is 0.260 e. The lowest BCUT2D eigenvalue weighted by Gasteiger charge is -2.17. The van der Waals surface area contributed by atoms with Crippen LogP contribution in [0.4, 0.5) is 0 Å². The first-order chi connectivity index (χ1) is 8.02. The minimum absolute atomic E-state index is 0.0687. The molecule has 1 amide bonds. The molecule has 2 unspecified atom stereocenters. The highest BCUT2D eigenvalue weighted by Crippen LogP contribution is 2.14. The summed E-state index contributed by atoms with van der Waals surface area (Å²) in [5, 5.41) is 2.90. The van der Waals surface area contributed by atoms with Crippen LogP contribution in [0.15, 0.2) is 24.3 Å². The molecule has 0 fully saturated rings.